The third-order valence-electron chi connectivity index (χ3n) is 1.48. The standard InChI is InChI=1S/C7H7N3OS2/c1-4-8-5(3-13-4)2-6-9-10-7(12)11-6/h3H,2H2,1H3,(H,10,12). The zero-order valence-electron chi connectivity index (χ0n) is 6.90. The second kappa shape index (κ2) is 3.39. The second-order valence-corrected chi connectivity index (χ2v) is 3.97. The van der Waals surface area contributed by atoms with Gasteiger partial charge in [-0.15, -0.1) is 16.4 Å². The lowest BCUT2D eigenvalue weighted by Gasteiger charge is -1.87. The molecule has 0 amide bonds. The van der Waals surface area contributed by atoms with E-state index in [4.69, 9.17) is 16.6 Å². The number of rotatable bonds is 2. The SMILES string of the molecule is Cc1nc(Cc2n[nH]c(=S)o2)cs1. The first kappa shape index (κ1) is 8.58. The Balaban J connectivity index is 2.19. The lowest BCUT2D eigenvalue weighted by Crippen LogP contribution is -1.88. The Hall–Kier alpha value is -1.01. The van der Waals surface area contributed by atoms with Gasteiger partial charge in [0.25, 0.3) is 4.84 Å². The first-order valence-corrected chi connectivity index (χ1v) is 4.98. The summed E-state index contributed by atoms with van der Waals surface area (Å²) in [6.45, 7) is 1.97. The van der Waals surface area contributed by atoms with Crippen molar-refractivity contribution in [2.24, 2.45) is 0 Å². The molecule has 2 aromatic heterocycles. The predicted octanol–water partition coefficient (Wildman–Crippen LogP) is 2.09. The number of nitrogens with zero attached hydrogens (tertiary/aromatic N) is 2. The van der Waals surface area contributed by atoms with E-state index in [-0.39, 0.29) is 0 Å². The molecule has 0 saturated carbocycles. The van der Waals surface area contributed by atoms with E-state index in [0.717, 1.165) is 10.7 Å². The molecule has 13 heavy (non-hydrogen) atoms. The van der Waals surface area contributed by atoms with Crippen LogP contribution in [0.25, 0.3) is 0 Å². The van der Waals surface area contributed by atoms with E-state index >= 15 is 0 Å². The number of hydrogen-bond donors (Lipinski definition) is 1. The minimum absolute atomic E-state index is 0.307. The number of nitrogens with one attached hydrogen (secondary N) is 1. The Bertz CT molecular complexity index is 456. The molecule has 0 radical (unpaired) electrons. The molecule has 0 fully saturated rings. The van der Waals surface area contributed by atoms with E-state index in [1.165, 1.54) is 0 Å². The van der Waals surface area contributed by atoms with Gasteiger partial charge in [-0.05, 0) is 19.1 Å². The quantitative estimate of drug-likeness (QED) is 0.776. The normalized spacial score (nSPS) is 10.5. The molecule has 0 aliphatic heterocycles. The van der Waals surface area contributed by atoms with Crippen LogP contribution in [-0.4, -0.2) is 15.2 Å². The summed E-state index contributed by atoms with van der Waals surface area (Å²) >= 11 is 6.37. The Kier molecular flexibility index (Phi) is 2.24. The van der Waals surface area contributed by atoms with Crippen LogP contribution in [0.1, 0.15) is 16.6 Å². The summed E-state index contributed by atoms with van der Waals surface area (Å²) < 4.78 is 5.11. The molecule has 0 atom stereocenters. The smallest absolute Gasteiger partial charge is 0.284 e. The zero-order chi connectivity index (χ0) is 9.26. The number of aromatic amines is 1. The fraction of sp³-hybridized carbons (Fsp3) is 0.286. The third kappa shape index (κ3) is 2.02. The van der Waals surface area contributed by atoms with E-state index < -0.39 is 0 Å². The molecule has 0 spiro atoms. The van der Waals surface area contributed by atoms with Crippen molar-refractivity contribution in [3.63, 3.8) is 0 Å². The monoisotopic (exact) mass is 213 g/mol. The van der Waals surface area contributed by atoms with Crippen molar-refractivity contribution in [3.8, 4) is 0 Å². The van der Waals surface area contributed by atoms with Crippen LogP contribution in [0.5, 0.6) is 0 Å². The van der Waals surface area contributed by atoms with Crippen LogP contribution in [0.2, 0.25) is 0 Å². The molecule has 2 heterocycles. The largest absolute Gasteiger partial charge is 0.414 e. The fourth-order valence-electron chi connectivity index (χ4n) is 0.981. The molecule has 4 nitrogen and oxygen atoms in total. The predicted molar refractivity (Wildman–Crippen MR) is 51.3 cm³/mol. The Labute approximate surface area is 83.6 Å². The van der Waals surface area contributed by atoms with Gasteiger partial charge in [-0.25, -0.2) is 10.1 Å². The van der Waals surface area contributed by atoms with Crippen LogP contribution in [0.15, 0.2) is 9.80 Å². The van der Waals surface area contributed by atoms with Crippen molar-refractivity contribution in [3.05, 3.63) is 26.8 Å². The van der Waals surface area contributed by atoms with E-state index in [1.54, 1.807) is 11.3 Å². The number of aromatic nitrogens is 3. The first-order valence-electron chi connectivity index (χ1n) is 3.69. The molecule has 1 N–H and O–H groups in total. The molecule has 6 heteroatoms. The molecular weight excluding hydrogens is 206 g/mol. The summed E-state index contributed by atoms with van der Waals surface area (Å²) in [6, 6.07) is 0. The van der Waals surface area contributed by atoms with Gasteiger partial charge in [0.2, 0.25) is 5.89 Å². The minimum atomic E-state index is 0.307. The van der Waals surface area contributed by atoms with Crippen LogP contribution in [0, 0.1) is 11.8 Å². The van der Waals surface area contributed by atoms with E-state index in [9.17, 15) is 0 Å². The minimum Gasteiger partial charge on any atom is -0.414 e. The maximum absolute atomic E-state index is 5.11. The molecule has 0 aliphatic rings. The summed E-state index contributed by atoms with van der Waals surface area (Å²) in [7, 11) is 0. The lowest BCUT2D eigenvalue weighted by atomic mass is 10.3. The highest BCUT2D eigenvalue weighted by Crippen LogP contribution is 2.11. The lowest BCUT2D eigenvalue weighted by molar-refractivity contribution is 0.490. The molecule has 0 saturated heterocycles. The number of thiazole rings is 1. The fourth-order valence-corrected chi connectivity index (χ4v) is 1.74. The maximum atomic E-state index is 5.11. The molecule has 2 aromatic rings. The van der Waals surface area contributed by atoms with E-state index in [0.29, 0.717) is 17.1 Å². The van der Waals surface area contributed by atoms with Crippen LogP contribution in [0.3, 0.4) is 0 Å². The molecule has 68 valence electrons. The van der Waals surface area contributed by atoms with Crippen molar-refractivity contribution in [2.75, 3.05) is 0 Å². The van der Waals surface area contributed by atoms with Gasteiger partial charge in [0.05, 0.1) is 17.1 Å². The van der Waals surface area contributed by atoms with Crippen LogP contribution in [-0.2, 0) is 6.42 Å². The van der Waals surface area contributed by atoms with Gasteiger partial charge < -0.3 is 4.42 Å². The molecule has 2 rings (SSSR count). The van der Waals surface area contributed by atoms with Gasteiger partial charge >= 0.3 is 0 Å². The highest BCUT2D eigenvalue weighted by Gasteiger charge is 2.04. The Morgan fingerprint density at radius 3 is 3.08 bits per heavy atom. The average Bonchev–Trinajstić information content (AvgIpc) is 2.62. The highest BCUT2D eigenvalue weighted by molar-refractivity contribution is 7.71. The van der Waals surface area contributed by atoms with Gasteiger partial charge in [0.1, 0.15) is 0 Å². The highest BCUT2D eigenvalue weighted by atomic mass is 32.1. The summed E-state index contributed by atoms with van der Waals surface area (Å²) in [5, 5.41) is 9.49. The summed E-state index contributed by atoms with van der Waals surface area (Å²) in [4.78, 5) is 4.59. The van der Waals surface area contributed by atoms with Crippen LogP contribution in [0.4, 0.5) is 0 Å². The van der Waals surface area contributed by atoms with Gasteiger partial charge in [-0.1, -0.05) is 0 Å². The van der Waals surface area contributed by atoms with Crippen molar-refractivity contribution in [2.45, 2.75) is 13.3 Å². The molecule has 0 unspecified atom stereocenters. The van der Waals surface area contributed by atoms with E-state index in [1.807, 2.05) is 12.3 Å². The maximum Gasteiger partial charge on any atom is 0.284 e. The third-order valence-corrected chi connectivity index (χ3v) is 2.48. The van der Waals surface area contributed by atoms with Crippen molar-refractivity contribution < 1.29 is 4.42 Å². The molecular formula is C7H7N3OS2. The second-order valence-electron chi connectivity index (χ2n) is 2.54. The topological polar surface area (TPSA) is 54.7 Å². The molecule has 0 aromatic carbocycles. The van der Waals surface area contributed by atoms with Gasteiger partial charge in [0, 0.05) is 5.38 Å². The van der Waals surface area contributed by atoms with Crippen molar-refractivity contribution in [1.29, 1.82) is 0 Å². The number of aryl methyl sites for hydroxylation is 1. The molecule has 0 bridgehead atoms. The van der Waals surface area contributed by atoms with Gasteiger partial charge in [0.15, 0.2) is 0 Å². The Morgan fingerprint density at radius 2 is 2.54 bits per heavy atom. The van der Waals surface area contributed by atoms with Crippen LogP contribution < -0.4 is 0 Å². The summed E-state index contributed by atoms with van der Waals surface area (Å²) in [5.74, 6) is 0.579. The Morgan fingerprint density at radius 1 is 1.69 bits per heavy atom. The average molecular weight is 213 g/mol. The van der Waals surface area contributed by atoms with Gasteiger partial charge in [-0.3, -0.25) is 0 Å². The van der Waals surface area contributed by atoms with Gasteiger partial charge in [-0.2, -0.15) is 0 Å². The number of hydrogen-bond acceptors (Lipinski definition) is 5. The van der Waals surface area contributed by atoms with Crippen molar-refractivity contribution >= 4 is 23.6 Å². The van der Waals surface area contributed by atoms with Crippen molar-refractivity contribution in [1.82, 2.24) is 15.2 Å². The number of H-pyrrole nitrogens is 1. The van der Waals surface area contributed by atoms with Crippen LogP contribution >= 0.6 is 23.6 Å². The summed E-state index contributed by atoms with van der Waals surface area (Å²) in [6.07, 6.45) is 0.595. The molecule has 0 aliphatic carbocycles. The summed E-state index contributed by atoms with van der Waals surface area (Å²) in [5.41, 5.74) is 0.966. The zero-order valence-corrected chi connectivity index (χ0v) is 8.54. The van der Waals surface area contributed by atoms with E-state index in [2.05, 4.69) is 15.2 Å². The first-order chi connectivity index (χ1) is 6.24.